The van der Waals surface area contributed by atoms with Gasteiger partial charge in [-0.3, -0.25) is 4.79 Å². The molecule has 158 valence electrons. The summed E-state index contributed by atoms with van der Waals surface area (Å²) in [6.45, 7) is 13.8. The van der Waals surface area contributed by atoms with Gasteiger partial charge in [-0.05, 0) is 53.7 Å². The summed E-state index contributed by atoms with van der Waals surface area (Å²) >= 11 is -1.33. The maximum Gasteiger partial charge on any atom is 0.307 e. The van der Waals surface area contributed by atoms with E-state index >= 15 is 0 Å². The van der Waals surface area contributed by atoms with Crippen molar-refractivity contribution in [2.45, 2.75) is 70.8 Å². The van der Waals surface area contributed by atoms with E-state index in [1.165, 1.54) is 0 Å². The normalized spacial score (nSPS) is 22.6. The first-order valence-corrected chi connectivity index (χ1v) is 11.1. The fourth-order valence-corrected chi connectivity index (χ4v) is 4.04. The second kappa shape index (κ2) is 9.91. The average molecular weight is 411 g/mol. The van der Waals surface area contributed by atoms with E-state index in [-0.39, 0.29) is 12.4 Å². The number of anilines is 1. The maximum atomic E-state index is 12.7. The van der Waals surface area contributed by atoms with Crippen molar-refractivity contribution in [1.29, 1.82) is 0 Å². The van der Waals surface area contributed by atoms with Crippen molar-refractivity contribution in [3.63, 3.8) is 0 Å². The van der Waals surface area contributed by atoms with Crippen LogP contribution in [-0.2, 0) is 20.9 Å². The standard InChI is InChI=1S/C20H34N4O3S/c1-7-27-19(25)11-17(23-28(26)20(4,5)6)16-9-8-10-18(22-16)24-12-14(2)21-15(3)13-24/h8-10,14-15,17,21,23H,7,11-13H2,1-6H3/t14-,15+,17?,28?. The second-order valence-electron chi connectivity index (χ2n) is 8.36. The third kappa shape index (κ3) is 6.62. The zero-order valence-electron chi connectivity index (χ0n) is 17.8. The van der Waals surface area contributed by atoms with E-state index in [0.717, 1.165) is 18.9 Å². The zero-order chi connectivity index (χ0) is 20.9. The van der Waals surface area contributed by atoms with Gasteiger partial charge in [-0.1, -0.05) is 6.07 Å². The second-order valence-corrected chi connectivity index (χ2v) is 10.4. The molecule has 2 rings (SSSR count). The highest BCUT2D eigenvalue weighted by molar-refractivity contribution is 7.90. The fraction of sp³-hybridized carbons (Fsp3) is 0.700. The molecule has 0 aliphatic carbocycles. The predicted molar refractivity (Wildman–Crippen MR) is 114 cm³/mol. The first-order chi connectivity index (χ1) is 13.1. The van der Waals surface area contributed by atoms with Crippen LogP contribution >= 0.6 is 0 Å². The van der Waals surface area contributed by atoms with Crippen molar-refractivity contribution in [3.8, 4) is 0 Å². The minimum absolute atomic E-state index is 0.0838. The van der Waals surface area contributed by atoms with Crippen molar-refractivity contribution >= 4 is 23.1 Å². The smallest absolute Gasteiger partial charge is 0.307 e. The Morgan fingerprint density at radius 1 is 1.39 bits per heavy atom. The molecule has 0 radical (unpaired) electrons. The summed E-state index contributed by atoms with van der Waals surface area (Å²) in [6, 6.07) is 6.06. The molecule has 1 aliphatic heterocycles. The summed E-state index contributed by atoms with van der Waals surface area (Å²) in [5, 5.41) is 3.52. The first kappa shape index (κ1) is 22.9. The number of piperazine rings is 1. The molecule has 1 aromatic rings. The summed E-state index contributed by atoms with van der Waals surface area (Å²) in [4.78, 5) is 19.2. The summed E-state index contributed by atoms with van der Waals surface area (Å²) < 4.78 is 20.4. The highest BCUT2D eigenvalue weighted by atomic mass is 32.2. The fourth-order valence-electron chi connectivity index (χ4n) is 3.22. The van der Waals surface area contributed by atoms with E-state index in [0.29, 0.717) is 24.4 Å². The third-order valence-electron chi connectivity index (χ3n) is 4.48. The molecular weight excluding hydrogens is 376 g/mol. The molecule has 4 atom stereocenters. The molecular formula is C20H34N4O3S. The number of nitrogens with one attached hydrogen (secondary N) is 2. The van der Waals surface area contributed by atoms with Crippen LogP contribution in [0.2, 0.25) is 0 Å². The largest absolute Gasteiger partial charge is 0.598 e. The van der Waals surface area contributed by atoms with Gasteiger partial charge in [0.25, 0.3) is 0 Å². The molecule has 2 N–H and O–H groups in total. The highest BCUT2D eigenvalue weighted by Crippen LogP contribution is 2.24. The van der Waals surface area contributed by atoms with Gasteiger partial charge in [0.1, 0.15) is 16.6 Å². The summed E-state index contributed by atoms with van der Waals surface area (Å²) in [6.07, 6.45) is 0.0838. The number of esters is 1. The highest BCUT2D eigenvalue weighted by Gasteiger charge is 2.32. The van der Waals surface area contributed by atoms with E-state index in [2.05, 4.69) is 28.8 Å². The lowest BCUT2D eigenvalue weighted by molar-refractivity contribution is -0.143. The summed E-state index contributed by atoms with van der Waals surface area (Å²) in [5.74, 6) is 0.539. The molecule has 1 fully saturated rings. The number of hydrogen-bond donors (Lipinski definition) is 2. The minimum atomic E-state index is -1.33. The van der Waals surface area contributed by atoms with E-state index in [1.807, 2.05) is 39.0 Å². The Kier molecular flexibility index (Phi) is 8.12. The molecule has 0 bridgehead atoms. The molecule has 0 saturated carbocycles. The van der Waals surface area contributed by atoms with E-state index in [1.54, 1.807) is 6.92 Å². The van der Waals surface area contributed by atoms with Crippen molar-refractivity contribution in [2.75, 3.05) is 24.6 Å². The number of rotatable bonds is 7. The number of ether oxygens (including phenoxy) is 1. The van der Waals surface area contributed by atoms with Gasteiger partial charge in [-0.15, -0.1) is 4.72 Å². The van der Waals surface area contributed by atoms with Crippen LogP contribution in [0.3, 0.4) is 0 Å². The topological polar surface area (TPSA) is 89.5 Å². The predicted octanol–water partition coefficient (Wildman–Crippen LogP) is 2.31. The molecule has 1 saturated heterocycles. The molecule has 2 unspecified atom stereocenters. The van der Waals surface area contributed by atoms with Crippen molar-refractivity contribution in [3.05, 3.63) is 23.9 Å². The molecule has 7 nitrogen and oxygen atoms in total. The van der Waals surface area contributed by atoms with Gasteiger partial charge in [0.15, 0.2) is 0 Å². The van der Waals surface area contributed by atoms with Crippen LogP contribution in [0.1, 0.15) is 59.7 Å². The molecule has 0 spiro atoms. The van der Waals surface area contributed by atoms with Crippen molar-refractivity contribution in [2.24, 2.45) is 0 Å². The van der Waals surface area contributed by atoms with Gasteiger partial charge in [-0.25, -0.2) is 4.98 Å². The Balaban J connectivity index is 2.25. The van der Waals surface area contributed by atoms with Gasteiger partial charge in [-0.2, -0.15) is 0 Å². The summed E-state index contributed by atoms with van der Waals surface area (Å²) in [7, 11) is 0. The quantitative estimate of drug-likeness (QED) is 0.527. The van der Waals surface area contributed by atoms with Gasteiger partial charge < -0.3 is 19.5 Å². The van der Waals surface area contributed by atoms with Crippen LogP contribution in [0, 0.1) is 0 Å². The Morgan fingerprint density at radius 2 is 2.04 bits per heavy atom. The third-order valence-corrected chi connectivity index (χ3v) is 6.09. The van der Waals surface area contributed by atoms with E-state index < -0.39 is 22.2 Å². The molecule has 0 aromatic carbocycles. The van der Waals surface area contributed by atoms with Gasteiger partial charge >= 0.3 is 5.97 Å². The Bertz CT molecular complexity index is 643. The Labute approximate surface area is 171 Å². The van der Waals surface area contributed by atoms with Gasteiger partial charge in [0.05, 0.1) is 18.7 Å². The van der Waals surface area contributed by atoms with Gasteiger partial charge in [0.2, 0.25) is 0 Å². The molecule has 8 heteroatoms. The number of hydrogen-bond acceptors (Lipinski definition) is 7. The van der Waals surface area contributed by atoms with Crippen molar-refractivity contribution in [1.82, 2.24) is 15.0 Å². The summed E-state index contributed by atoms with van der Waals surface area (Å²) in [5.41, 5.74) is 0.696. The van der Waals surface area contributed by atoms with Crippen molar-refractivity contribution < 1.29 is 14.1 Å². The Morgan fingerprint density at radius 3 is 2.61 bits per heavy atom. The van der Waals surface area contributed by atoms with Crippen LogP contribution in [-0.4, -0.2) is 52.0 Å². The van der Waals surface area contributed by atoms with Gasteiger partial charge in [0, 0.05) is 36.5 Å². The van der Waals surface area contributed by atoms with Crippen LogP contribution in [0.5, 0.6) is 0 Å². The maximum absolute atomic E-state index is 12.7. The average Bonchev–Trinajstić information content (AvgIpc) is 2.60. The van der Waals surface area contributed by atoms with E-state index in [9.17, 15) is 9.35 Å². The van der Waals surface area contributed by atoms with Crippen LogP contribution in [0.15, 0.2) is 18.2 Å². The lowest BCUT2D eigenvalue weighted by Crippen LogP contribution is -2.54. The van der Waals surface area contributed by atoms with Crippen LogP contribution in [0.25, 0.3) is 0 Å². The van der Waals surface area contributed by atoms with Crippen LogP contribution in [0.4, 0.5) is 5.82 Å². The molecule has 1 aromatic heterocycles. The van der Waals surface area contributed by atoms with E-state index in [4.69, 9.17) is 9.72 Å². The number of carbonyl (C=O) groups is 1. The van der Waals surface area contributed by atoms with Crippen LogP contribution < -0.4 is 14.9 Å². The molecule has 2 heterocycles. The molecule has 28 heavy (non-hydrogen) atoms. The number of pyridine rings is 1. The monoisotopic (exact) mass is 410 g/mol. The SMILES string of the molecule is CCOC(=O)CC(N[S+]([O-])C(C)(C)C)c1cccc(N2C[C@@H](C)N[C@@H](C)C2)n1. The Hall–Kier alpha value is -1.35. The number of carbonyl (C=O) groups excluding carboxylic acids is 1. The number of aromatic nitrogens is 1. The lowest BCUT2D eigenvalue weighted by atomic mass is 10.1. The first-order valence-electron chi connectivity index (χ1n) is 9.91. The molecule has 1 aliphatic rings. The number of nitrogens with zero attached hydrogens (tertiary/aromatic N) is 2. The zero-order valence-corrected chi connectivity index (χ0v) is 18.6. The lowest BCUT2D eigenvalue weighted by Gasteiger charge is -2.37. The molecule has 0 amide bonds. The minimum Gasteiger partial charge on any atom is -0.598 e.